The van der Waals surface area contributed by atoms with Crippen LogP contribution in [0.4, 0.5) is 5.69 Å². The number of carbonyl (C=O) groups excluding carboxylic acids is 1. The number of aliphatic hydroxyl groups is 1. The number of amides is 1. The van der Waals surface area contributed by atoms with E-state index >= 15 is 0 Å². The zero-order chi connectivity index (χ0) is 18.6. The number of aromatic amines is 1. The minimum Gasteiger partial charge on any atom is -0.396 e. The summed E-state index contributed by atoms with van der Waals surface area (Å²) in [6, 6.07) is 11.6. The molecular weight excluding hydrogens is 340 g/mol. The van der Waals surface area contributed by atoms with Gasteiger partial charge in [-0.05, 0) is 61.7 Å². The summed E-state index contributed by atoms with van der Waals surface area (Å²) in [5.74, 6) is 0.319. The van der Waals surface area contributed by atoms with E-state index in [4.69, 9.17) is 0 Å². The van der Waals surface area contributed by atoms with Crippen molar-refractivity contribution in [3.8, 4) is 0 Å². The van der Waals surface area contributed by atoms with E-state index in [2.05, 4.69) is 32.3 Å². The number of hydrogen-bond acceptors (Lipinski definition) is 4. The van der Waals surface area contributed by atoms with Gasteiger partial charge in [0.2, 0.25) is 0 Å². The third-order valence-electron chi connectivity index (χ3n) is 5.29. The molecule has 0 bridgehead atoms. The molecule has 1 aliphatic heterocycles. The van der Waals surface area contributed by atoms with Gasteiger partial charge in [0, 0.05) is 36.6 Å². The lowest BCUT2D eigenvalue weighted by Gasteiger charge is -2.31. The summed E-state index contributed by atoms with van der Waals surface area (Å²) >= 11 is 0. The molecule has 140 valence electrons. The van der Waals surface area contributed by atoms with Crippen molar-refractivity contribution in [1.82, 2.24) is 14.9 Å². The summed E-state index contributed by atoms with van der Waals surface area (Å²) in [5.41, 5.74) is 3.33. The third-order valence-corrected chi connectivity index (χ3v) is 5.29. The molecule has 3 heterocycles. The van der Waals surface area contributed by atoms with Gasteiger partial charge < -0.3 is 15.4 Å². The van der Waals surface area contributed by atoms with Gasteiger partial charge in [-0.25, -0.2) is 4.98 Å². The molecule has 2 aromatic heterocycles. The van der Waals surface area contributed by atoms with Crippen molar-refractivity contribution in [3.05, 3.63) is 59.9 Å². The number of hydrogen-bond donors (Lipinski definition) is 3. The van der Waals surface area contributed by atoms with Crippen LogP contribution in [-0.4, -0.2) is 45.6 Å². The van der Waals surface area contributed by atoms with Gasteiger partial charge in [-0.3, -0.25) is 9.69 Å². The number of anilines is 1. The van der Waals surface area contributed by atoms with Gasteiger partial charge in [0.25, 0.3) is 5.91 Å². The predicted octanol–water partition coefficient (Wildman–Crippen LogP) is 3.02. The van der Waals surface area contributed by atoms with Gasteiger partial charge in [-0.1, -0.05) is 12.1 Å². The molecule has 1 fully saturated rings. The normalized spacial score (nSPS) is 15.9. The number of fused-ring (bicyclic) bond motifs is 1. The molecule has 0 spiro atoms. The predicted molar refractivity (Wildman–Crippen MR) is 106 cm³/mol. The number of nitrogens with zero attached hydrogens (tertiary/aromatic N) is 2. The number of likely N-dealkylation sites (tertiary alicyclic amines) is 1. The Balaban J connectivity index is 1.38. The molecule has 1 amide bonds. The highest BCUT2D eigenvalue weighted by atomic mass is 16.3. The number of carbonyl (C=O) groups is 1. The maximum Gasteiger partial charge on any atom is 0.256 e. The Morgan fingerprint density at radius 1 is 1.19 bits per heavy atom. The number of nitrogens with one attached hydrogen (secondary N) is 2. The van der Waals surface area contributed by atoms with E-state index < -0.39 is 0 Å². The molecule has 0 saturated carbocycles. The zero-order valence-electron chi connectivity index (χ0n) is 15.2. The van der Waals surface area contributed by atoms with Crippen molar-refractivity contribution in [1.29, 1.82) is 0 Å². The number of aromatic nitrogens is 2. The van der Waals surface area contributed by atoms with Crippen LogP contribution in [-0.2, 0) is 6.54 Å². The summed E-state index contributed by atoms with van der Waals surface area (Å²) in [4.78, 5) is 22.3. The lowest BCUT2D eigenvalue weighted by molar-refractivity contribution is 0.102. The van der Waals surface area contributed by atoms with Crippen molar-refractivity contribution in [2.75, 3.05) is 25.0 Å². The number of piperidine rings is 1. The Morgan fingerprint density at radius 3 is 2.70 bits per heavy atom. The molecule has 6 nitrogen and oxygen atoms in total. The Hall–Kier alpha value is -2.70. The standard InChI is InChI=1S/C21H24N4O2/c26-14-16-7-11-25(12-8-16)13-15-1-3-17(4-2-15)24-21(27)19-6-10-23-20-18(19)5-9-22-20/h1-6,9-10,16,26H,7-8,11-14H2,(H,22,23)(H,24,27). The summed E-state index contributed by atoms with van der Waals surface area (Å²) in [7, 11) is 0. The van der Waals surface area contributed by atoms with E-state index in [0.29, 0.717) is 23.7 Å². The highest BCUT2D eigenvalue weighted by Crippen LogP contribution is 2.20. The number of benzene rings is 1. The molecule has 0 radical (unpaired) electrons. The molecule has 1 saturated heterocycles. The molecule has 0 atom stereocenters. The Bertz CT molecular complexity index is 911. The number of aliphatic hydroxyl groups excluding tert-OH is 1. The maximum atomic E-state index is 12.6. The molecule has 1 aliphatic rings. The monoisotopic (exact) mass is 364 g/mol. The van der Waals surface area contributed by atoms with Gasteiger partial charge in [0.05, 0.1) is 5.56 Å². The number of pyridine rings is 1. The van der Waals surface area contributed by atoms with Crippen molar-refractivity contribution in [2.45, 2.75) is 19.4 Å². The van der Waals surface area contributed by atoms with Gasteiger partial charge in [0.15, 0.2) is 0 Å². The molecule has 4 rings (SSSR count). The van der Waals surface area contributed by atoms with Crippen molar-refractivity contribution >= 4 is 22.6 Å². The first-order valence-corrected chi connectivity index (χ1v) is 9.38. The van der Waals surface area contributed by atoms with E-state index in [1.165, 1.54) is 5.56 Å². The van der Waals surface area contributed by atoms with Crippen LogP contribution >= 0.6 is 0 Å². The maximum absolute atomic E-state index is 12.6. The lowest BCUT2D eigenvalue weighted by atomic mass is 9.97. The third kappa shape index (κ3) is 4.02. The van der Waals surface area contributed by atoms with E-state index in [1.807, 2.05) is 18.2 Å². The SMILES string of the molecule is O=C(Nc1ccc(CN2CCC(CO)CC2)cc1)c1ccnc2[nH]ccc12. The molecule has 1 aromatic carbocycles. The van der Waals surface area contributed by atoms with Gasteiger partial charge in [-0.2, -0.15) is 0 Å². The summed E-state index contributed by atoms with van der Waals surface area (Å²) < 4.78 is 0. The van der Waals surface area contributed by atoms with Crippen LogP contribution in [0.25, 0.3) is 11.0 Å². The van der Waals surface area contributed by atoms with Crippen LogP contribution in [0, 0.1) is 5.92 Å². The molecule has 3 N–H and O–H groups in total. The summed E-state index contributed by atoms with van der Waals surface area (Å²) in [6.45, 7) is 3.26. The van der Waals surface area contributed by atoms with Crippen LogP contribution in [0.15, 0.2) is 48.8 Å². The van der Waals surface area contributed by atoms with E-state index in [0.717, 1.165) is 43.5 Å². The first-order valence-electron chi connectivity index (χ1n) is 9.38. The smallest absolute Gasteiger partial charge is 0.256 e. The van der Waals surface area contributed by atoms with Crippen LogP contribution < -0.4 is 5.32 Å². The molecular formula is C21H24N4O2. The quantitative estimate of drug-likeness (QED) is 0.650. The molecule has 0 aliphatic carbocycles. The minimum atomic E-state index is -0.138. The summed E-state index contributed by atoms with van der Waals surface area (Å²) in [6.07, 6.45) is 5.54. The highest BCUT2D eigenvalue weighted by molar-refractivity contribution is 6.11. The van der Waals surface area contributed by atoms with Crippen LogP contribution in [0.1, 0.15) is 28.8 Å². The van der Waals surface area contributed by atoms with Crippen LogP contribution in [0.3, 0.4) is 0 Å². The molecule has 3 aromatic rings. The van der Waals surface area contributed by atoms with Crippen molar-refractivity contribution in [3.63, 3.8) is 0 Å². The zero-order valence-corrected chi connectivity index (χ0v) is 15.2. The van der Waals surface area contributed by atoms with Crippen molar-refractivity contribution in [2.24, 2.45) is 5.92 Å². The second-order valence-electron chi connectivity index (χ2n) is 7.15. The molecule has 6 heteroatoms. The number of rotatable bonds is 5. The second-order valence-corrected chi connectivity index (χ2v) is 7.15. The van der Waals surface area contributed by atoms with E-state index in [1.54, 1.807) is 18.5 Å². The Morgan fingerprint density at radius 2 is 1.96 bits per heavy atom. The first kappa shape index (κ1) is 17.7. The Labute approximate surface area is 158 Å². The largest absolute Gasteiger partial charge is 0.396 e. The van der Waals surface area contributed by atoms with E-state index in [9.17, 15) is 9.90 Å². The minimum absolute atomic E-state index is 0.138. The van der Waals surface area contributed by atoms with E-state index in [-0.39, 0.29) is 5.91 Å². The van der Waals surface area contributed by atoms with Gasteiger partial charge in [0.1, 0.15) is 5.65 Å². The molecule has 27 heavy (non-hydrogen) atoms. The first-order chi connectivity index (χ1) is 13.2. The average Bonchev–Trinajstić information content (AvgIpc) is 3.19. The number of H-pyrrole nitrogens is 1. The van der Waals surface area contributed by atoms with Gasteiger partial charge >= 0.3 is 0 Å². The topological polar surface area (TPSA) is 81.2 Å². The average molecular weight is 364 g/mol. The van der Waals surface area contributed by atoms with Gasteiger partial charge in [-0.15, -0.1) is 0 Å². The molecule has 0 unspecified atom stereocenters. The summed E-state index contributed by atoms with van der Waals surface area (Å²) in [5, 5.41) is 13.0. The fourth-order valence-corrected chi connectivity index (χ4v) is 3.64. The second kappa shape index (κ2) is 7.90. The van der Waals surface area contributed by atoms with Crippen LogP contribution in [0.2, 0.25) is 0 Å². The lowest BCUT2D eigenvalue weighted by Crippen LogP contribution is -2.34. The van der Waals surface area contributed by atoms with Crippen LogP contribution in [0.5, 0.6) is 0 Å². The fraction of sp³-hybridized carbons (Fsp3) is 0.333. The highest BCUT2D eigenvalue weighted by Gasteiger charge is 2.18. The fourth-order valence-electron chi connectivity index (χ4n) is 3.64. The van der Waals surface area contributed by atoms with Crippen molar-refractivity contribution < 1.29 is 9.90 Å². The Kier molecular flexibility index (Phi) is 5.18.